The predicted molar refractivity (Wildman–Crippen MR) is 74.4 cm³/mol. The Hall–Kier alpha value is -2.28. The van der Waals surface area contributed by atoms with Gasteiger partial charge in [-0.15, -0.1) is 0 Å². The van der Waals surface area contributed by atoms with Crippen LogP contribution in [-0.2, 0) is 0 Å². The molecule has 0 saturated heterocycles. The van der Waals surface area contributed by atoms with Crippen molar-refractivity contribution >= 4 is 29.4 Å². The van der Waals surface area contributed by atoms with Gasteiger partial charge < -0.3 is 10.2 Å². The smallest absolute Gasteiger partial charge is 0.411 e. The Morgan fingerprint density at radius 1 is 1.60 bits per heavy atom. The highest BCUT2D eigenvalue weighted by molar-refractivity contribution is 6.32. The lowest BCUT2D eigenvalue weighted by Gasteiger charge is -2.13. The Morgan fingerprint density at radius 2 is 2.30 bits per heavy atom. The molecule has 1 unspecified atom stereocenters. The molecule has 0 spiro atoms. The average Bonchev–Trinajstić information content (AvgIpc) is 2.74. The van der Waals surface area contributed by atoms with Crippen molar-refractivity contribution in [1.29, 1.82) is 5.41 Å². The van der Waals surface area contributed by atoms with E-state index in [4.69, 9.17) is 22.1 Å². The third kappa shape index (κ3) is 2.67. The Bertz CT molecular complexity index is 602. The topological polar surface area (TPSA) is 109 Å². The first kappa shape index (κ1) is 14.1. The first-order valence-corrected chi connectivity index (χ1v) is 6.20. The number of benzene rings is 1. The highest BCUT2D eigenvalue weighted by atomic mass is 35.5. The van der Waals surface area contributed by atoms with Crippen LogP contribution in [0.2, 0.25) is 5.02 Å². The lowest BCUT2D eigenvalue weighted by molar-refractivity contribution is 0.198. The summed E-state index contributed by atoms with van der Waals surface area (Å²) >= 11 is 5.86. The summed E-state index contributed by atoms with van der Waals surface area (Å²) in [7, 11) is 0. The molecule has 1 heterocycles. The lowest BCUT2D eigenvalue weighted by Crippen LogP contribution is -2.39. The zero-order valence-corrected chi connectivity index (χ0v) is 11.3. The number of para-hydroxylation sites is 1. The second-order valence-corrected chi connectivity index (χ2v) is 4.79. The van der Waals surface area contributed by atoms with Crippen molar-refractivity contribution in [2.24, 2.45) is 11.0 Å². The number of hydrazone groups is 1. The maximum Gasteiger partial charge on any atom is 0.411 e. The molecule has 0 aliphatic carbocycles. The number of carbonyl (C=O) groups is 1. The van der Waals surface area contributed by atoms with E-state index in [2.05, 4.69) is 5.10 Å². The van der Waals surface area contributed by atoms with Crippen molar-refractivity contribution in [2.45, 2.75) is 6.92 Å². The molecule has 1 aliphatic rings. The van der Waals surface area contributed by atoms with Gasteiger partial charge >= 0.3 is 6.09 Å². The highest BCUT2D eigenvalue weighted by Crippen LogP contribution is 2.31. The van der Waals surface area contributed by atoms with Crippen LogP contribution in [0.15, 0.2) is 23.3 Å². The van der Waals surface area contributed by atoms with Gasteiger partial charge in [-0.05, 0) is 12.1 Å². The number of hydrogen-bond donors (Lipinski definition) is 4. The SMILES string of the molecule is CC1CN(C(=N)NC(=O)O)N=C1c1cccc(Cl)c1O. The number of halogens is 1. The highest BCUT2D eigenvalue weighted by Gasteiger charge is 2.28. The molecule has 0 aromatic heterocycles. The minimum atomic E-state index is -1.32. The number of aromatic hydroxyl groups is 1. The summed E-state index contributed by atoms with van der Waals surface area (Å²) < 4.78 is 0. The zero-order chi connectivity index (χ0) is 14.9. The molecule has 4 N–H and O–H groups in total. The monoisotopic (exact) mass is 296 g/mol. The molecule has 0 radical (unpaired) electrons. The molecule has 20 heavy (non-hydrogen) atoms. The molecule has 1 aromatic rings. The summed E-state index contributed by atoms with van der Waals surface area (Å²) in [6, 6.07) is 4.93. The van der Waals surface area contributed by atoms with E-state index in [1.54, 1.807) is 18.2 Å². The van der Waals surface area contributed by atoms with E-state index >= 15 is 0 Å². The van der Waals surface area contributed by atoms with Gasteiger partial charge in [0.25, 0.3) is 0 Å². The Labute approximate surface area is 120 Å². The lowest BCUT2D eigenvalue weighted by atomic mass is 9.99. The molecule has 2 rings (SSSR count). The van der Waals surface area contributed by atoms with Gasteiger partial charge in [-0.3, -0.25) is 10.7 Å². The predicted octanol–water partition coefficient (Wildman–Crippen LogP) is 1.90. The maximum absolute atomic E-state index is 10.5. The standard InChI is InChI=1S/C12H13ClN4O3/c1-6-5-17(11(14)15-12(19)20)16-9(6)7-3-2-4-8(13)10(7)18/h2-4,6,18H,5H2,1H3,(H2,14,15)(H,19,20). The van der Waals surface area contributed by atoms with Crippen LogP contribution >= 0.6 is 11.6 Å². The van der Waals surface area contributed by atoms with Gasteiger partial charge in [-0.1, -0.05) is 24.6 Å². The average molecular weight is 297 g/mol. The number of nitrogens with zero attached hydrogens (tertiary/aromatic N) is 2. The summed E-state index contributed by atoms with van der Waals surface area (Å²) in [5.41, 5.74) is 1.04. The second-order valence-electron chi connectivity index (χ2n) is 4.38. The molecule has 8 heteroatoms. The number of guanidine groups is 1. The van der Waals surface area contributed by atoms with Gasteiger partial charge in [0.05, 0.1) is 17.3 Å². The quantitative estimate of drug-likeness (QED) is 0.469. The summed E-state index contributed by atoms with van der Waals surface area (Å²) in [4.78, 5) is 10.5. The zero-order valence-electron chi connectivity index (χ0n) is 10.6. The summed E-state index contributed by atoms with van der Waals surface area (Å²) in [6.07, 6.45) is -1.32. The van der Waals surface area contributed by atoms with E-state index in [9.17, 15) is 9.90 Å². The molecule has 0 fully saturated rings. The van der Waals surface area contributed by atoms with Gasteiger partial charge in [-0.25, -0.2) is 9.80 Å². The summed E-state index contributed by atoms with van der Waals surface area (Å²) in [5, 5.41) is 33.7. The van der Waals surface area contributed by atoms with E-state index < -0.39 is 6.09 Å². The van der Waals surface area contributed by atoms with E-state index in [1.807, 2.05) is 12.2 Å². The first-order valence-electron chi connectivity index (χ1n) is 5.82. The number of rotatable bonds is 1. The second kappa shape index (κ2) is 5.38. The van der Waals surface area contributed by atoms with Crippen LogP contribution < -0.4 is 5.32 Å². The number of carboxylic acid groups (broad SMARTS) is 1. The van der Waals surface area contributed by atoms with Crippen LogP contribution in [0.1, 0.15) is 12.5 Å². The normalized spacial score (nSPS) is 17.8. The van der Waals surface area contributed by atoms with E-state index in [1.165, 1.54) is 5.01 Å². The van der Waals surface area contributed by atoms with Crippen LogP contribution in [0.25, 0.3) is 0 Å². The van der Waals surface area contributed by atoms with Crippen molar-refractivity contribution in [3.05, 3.63) is 28.8 Å². The molecule has 106 valence electrons. The van der Waals surface area contributed by atoms with Crippen LogP contribution in [0.3, 0.4) is 0 Å². The van der Waals surface area contributed by atoms with Crippen molar-refractivity contribution in [1.82, 2.24) is 10.3 Å². The molecule has 1 atom stereocenters. The van der Waals surface area contributed by atoms with Gasteiger partial charge in [0.1, 0.15) is 5.75 Å². The third-order valence-electron chi connectivity index (χ3n) is 2.89. The summed E-state index contributed by atoms with van der Waals surface area (Å²) in [6.45, 7) is 2.22. The minimum Gasteiger partial charge on any atom is -0.506 e. The van der Waals surface area contributed by atoms with Crippen LogP contribution in [0.5, 0.6) is 5.75 Å². The van der Waals surface area contributed by atoms with E-state index in [0.29, 0.717) is 17.8 Å². The molecular formula is C12H13ClN4O3. The van der Waals surface area contributed by atoms with Crippen LogP contribution in [-0.4, -0.2) is 39.5 Å². The third-order valence-corrected chi connectivity index (χ3v) is 3.19. The van der Waals surface area contributed by atoms with Crippen molar-refractivity contribution in [3.63, 3.8) is 0 Å². The largest absolute Gasteiger partial charge is 0.506 e. The molecular weight excluding hydrogens is 284 g/mol. The van der Waals surface area contributed by atoms with E-state index in [0.717, 1.165) is 0 Å². The number of nitrogens with one attached hydrogen (secondary N) is 2. The van der Waals surface area contributed by atoms with Crippen LogP contribution in [0, 0.1) is 11.3 Å². The maximum atomic E-state index is 10.5. The number of phenols is 1. The number of phenolic OH excluding ortho intramolecular Hbond substituents is 1. The van der Waals surface area contributed by atoms with Gasteiger partial charge in [0.2, 0.25) is 5.96 Å². The molecule has 0 bridgehead atoms. The Balaban J connectivity index is 2.30. The van der Waals surface area contributed by atoms with Crippen molar-refractivity contribution < 1.29 is 15.0 Å². The van der Waals surface area contributed by atoms with Gasteiger partial charge in [-0.2, -0.15) is 5.10 Å². The molecule has 1 amide bonds. The van der Waals surface area contributed by atoms with Gasteiger partial charge in [0, 0.05) is 11.5 Å². The Morgan fingerprint density at radius 3 is 2.95 bits per heavy atom. The summed E-state index contributed by atoms with van der Waals surface area (Å²) in [5.74, 6) is -0.476. The van der Waals surface area contributed by atoms with E-state index in [-0.39, 0.29) is 22.6 Å². The fourth-order valence-electron chi connectivity index (χ4n) is 1.96. The van der Waals surface area contributed by atoms with Crippen LogP contribution in [0.4, 0.5) is 4.79 Å². The Kier molecular flexibility index (Phi) is 3.80. The van der Waals surface area contributed by atoms with Crippen molar-refractivity contribution in [3.8, 4) is 5.75 Å². The first-order chi connectivity index (χ1) is 9.40. The molecule has 0 saturated carbocycles. The number of hydrogen-bond acceptors (Lipinski definition) is 4. The molecule has 1 aliphatic heterocycles. The fraction of sp³-hybridized carbons (Fsp3) is 0.250. The molecule has 7 nitrogen and oxygen atoms in total. The van der Waals surface area contributed by atoms with Gasteiger partial charge in [0.15, 0.2) is 0 Å². The molecule has 1 aromatic carbocycles. The number of amides is 1. The fourth-order valence-corrected chi connectivity index (χ4v) is 2.14. The minimum absolute atomic E-state index is 0.0701. The van der Waals surface area contributed by atoms with Crippen molar-refractivity contribution in [2.75, 3.05) is 6.54 Å².